The molecule has 0 saturated carbocycles. The van der Waals surface area contributed by atoms with E-state index in [-0.39, 0.29) is 11.5 Å². The third-order valence-corrected chi connectivity index (χ3v) is 5.25. The van der Waals surface area contributed by atoms with Gasteiger partial charge in [-0.25, -0.2) is 8.42 Å². The number of aliphatic hydroxyl groups excluding tert-OH is 1. The Morgan fingerprint density at radius 3 is 2.71 bits per heavy atom. The van der Waals surface area contributed by atoms with Gasteiger partial charge < -0.3 is 9.67 Å². The highest BCUT2D eigenvalue weighted by Crippen LogP contribution is 2.26. The summed E-state index contributed by atoms with van der Waals surface area (Å²) in [5, 5.41) is 9.16. The van der Waals surface area contributed by atoms with Crippen LogP contribution < -0.4 is 4.72 Å². The van der Waals surface area contributed by atoms with Gasteiger partial charge in [0.05, 0.1) is 6.61 Å². The van der Waals surface area contributed by atoms with Crippen molar-refractivity contribution >= 4 is 15.7 Å². The highest BCUT2D eigenvalue weighted by Gasteiger charge is 2.19. The van der Waals surface area contributed by atoms with Crippen LogP contribution in [-0.2, 0) is 36.5 Å². The number of hydrogen-bond acceptors (Lipinski definition) is 3. The average molecular weight is 306 g/mol. The van der Waals surface area contributed by atoms with Crippen LogP contribution in [0.4, 0.5) is 5.69 Å². The molecule has 0 saturated heterocycles. The molecule has 0 radical (unpaired) electrons. The molecule has 0 fully saturated rings. The van der Waals surface area contributed by atoms with Crippen LogP contribution in [0.2, 0.25) is 0 Å². The lowest BCUT2D eigenvalue weighted by Gasteiger charge is -2.08. The summed E-state index contributed by atoms with van der Waals surface area (Å²) in [5.74, 6) is 0. The Morgan fingerprint density at radius 1 is 1.24 bits per heavy atom. The summed E-state index contributed by atoms with van der Waals surface area (Å²) in [5.41, 5.74) is 3.67. The van der Waals surface area contributed by atoms with E-state index in [1.807, 2.05) is 12.1 Å². The van der Waals surface area contributed by atoms with Crippen molar-refractivity contribution in [2.45, 2.75) is 30.8 Å². The number of sulfonamides is 1. The van der Waals surface area contributed by atoms with E-state index in [0.717, 1.165) is 19.3 Å². The van der Waals surface area contributed by atoms with Gasteiger partial charge in [-0.15, -0.1) is 0 Å². The van der Waals surface area contributed by atoms with Gasteiger partial charge in [0.25, 0.3) is 10.0 Å². The number of fused-ring (bicyclic) bond motifs is 1. The van der Waals surface area contributed by atoms with Gasteiger partial charge in [0.2, 0.25) is 0 Å². The van der Waals surface area contributed by atoms with Crippen molar-refractivity contribution in [3.05, 3.63) is 47.3 Å². The van der Waals surface area contributed by atoms with Crippen molar-refractivity contribution in [3.8, 4) is 0 Å². The summed E-state index contributed by atoms with van der Waals surface area (Å²) in [6.07, 6.45) is 4.71. The monoisotopic (exact) mass is 306 g/mol. The lowest BCUT2D eigenvalue weighted by molar-refractivity contribution is 0.272. The van der Waals surface area contributed by atoms with Gasteiger partial charge in [0.1, 0.15) is 4.90 Å². The topological polar surface area (TPSA) is 71.3 Å². The first-order valence-corrected chi connectivity index (χ1v) is 8.38. The van der Waals surface area contributed by atoms with E-state index < -0.39 is 10.0 Å². The Labute approximate surface area is 124 Å². The second kappa shape index (κ2) is 5.20. The zero-order valence-electron chi connectivity index (χ0n) is 11.8. The quantitative estimate of drug-likeness (QED) is 0.905. The van der Waals surface area contributed by atoms with Crippen LogP contribution in [0.1, 0.15) is 23.2 Å². The molecule has 1 heterocycles. The van der Waals surface area contributed by atoms with Gasteiger partial charge in [-0.2, -0.15) is 0 Å². The number of aliphatic hydroxyl groups is 1. The number of anilines is 1. The Bertz CT molecular complexity index is 778. The number of benzene rings is 1. The molecule has 112 valence electrons. The molecule has 21 heavy (non-hydrogen) atoms. The van der Waals surface area contributed by atoms with Gasteiger partial charge in [-0.1, -0.05) is 6.07 Å². The summed E-state index contributed by atoms with van der Waals surface area (Å²) < 4.78 is 29.0. The Kier molecular flexibility index (Phi) is 3.51. The molecule has 0 spiro atoms. The minimum absolute atomic E-state index is 0.162. The minimum Gasteiger partial charge on any atom is -0.390 e. The largest absolute Gasteiger partial charge is 0.390 e. The van der Waals surface area contributed by atoms with Crippen molar-refractivity contribution in [2.75, 3.05) is 4.72 Å². The van der Waals surface area contributed by atoms with Crippen LogP contribution in [0.15, 0.2) is 35.4 Å². The number of hydrogen-bond donors (Lipinski definition) is 2. The first-order chi connectivity index (χ1) is 9.99. The molecule has 1 aliphatic carbocycles. The summed E-state index contributed by atoms with van der Waals surface area (Å²) in [4.78, 5) is 0.162. The third kappa shape index (κ3) is 2.69. The van der Waals surface area contributed by atoms with Gasteiger partial charge in [0.15, 0.2) is 0 Å². The molecule has 2 N–H and O–H groups in total. The number of nitrogens with zero attached hydrogens (tertiary/aromatic N) is 1. The van der Waals surface area contributed by atoms with Gasteiger partial charge in [0, 0.05) is 24.6 Å². The number of aryl methyl sites for hydroxylation is 3. The first-order valence-electron chi connectivity index (χ1n) is 6.90. The van der Waals surface area contributed by atoms with Crippen molar-refractivity contribution < 1.29 is 13.5 Å². The van der Waals surface area contributed by atoms with Crippen molar-refractivity contribution in [3.63, 3.8) is 0 Å². The predicted octanol–water partition coefficient (Wildman–Crippen LogP) is 1.81. The van der Waals surface area contributed by atoms with Crippen molar-refractivity contribution in [1.82, 2.24) is 4.57 Å². The van der Waals surface area contributed by atoms with Crippen LogP contribution in [-0.4, -0.2) is 18.1 Å². The van der Waals surface area contributed by atoms with E-state index in [2.05, 4.69) is 4.72 Å². The zero-order valence-corrected chi connectivity index (χ0v) is 12.7. The fourth-order valence-corrected chi connectivity index (χ4v) is 3.87. The molecule has 1 aromatic heterocycles. The van der Waals surface area contributed by atoms with E-state index in [0.29, 0.717) is 11.4 Å². The van der Waals surface area contributed by atoms with Crippen LogP contribution in [0.5, 0.6) is 0 Å². The maximum atomic E-state index is 12.4. The second-order valence-corrected chi connectivity index (χ2v) is 7.06. The smallest absolute Gasteiger partial charge is 0.263 e. The molecule has 1 aliphatic rings. The number of nitrogens with one attached hydrogen (secondary N) is 1. The van der Waals surface area contributed by atoms with E-state index in [4.69, 9.17) is 5.11 Å². The molecule has 1 aromatic carbocycles. The Hall–Kier alpha value is -1.79. The van der Waals surface area contributed by atoms with E-state index in [1.54, 1.807) is 17.7 Å². The zero-order chi connectivity index (χ0) is 15.0. The third-order valence-electron chi connectivity index (χ3n) is 3.91. The highest BCUT2D eigenvalue weighted by atomic mass is 32.2. The van der Waals surface area contributed by atoms with Crippen LogP contribution >= 0.6 is 0 Å². The van der Waals surface area contributed by atoms with E-state index >= 15 is 0 Å². The predicted molar refractivity (Wildman–Crippen MR) is 80.6 cm³/mol. The molecule has 0 bridgehead atoms. The van der Waals surface area contributed by atoms with E-state index in [1.165, 1.54) is 23.4 Å². The molecular weight excluding hydrogens is 288 g/mol. The number of rotatable bonds is 4. The fourth-order valence-electron chi connectivity index (χ4n) is 2.73. The molecule has 2 aromatic rings. The first kappa shape index (κ1) is 14.2. The summed E-state index contributed by atoms with van der Waals surface area (Å²) in [6.45, 7) is -0.190. The standard InChI is InChI=1S/C15H18N2O3S/c1-17-9-15(8-14(17)10-18)21(19,20)16-13-6-5-11-3-2-4-12(11)7-13/h5-9,16,18H,2-4,10H2,1H3. The normalized spacial score (nSPS) is 14.2. The van der Waals surface area contributed by atoms with Crippen LogP contribution in [0.3, 0.4) is 0 Å². The second-order valence-electron chi connectivity index (χ2n) is 5.38. The fraction of sp³-hybridized carbons (Fsp3) is 0.333. The van der Waals surface area contributed by atoms with Gasteiger partial charge in [-0.05, 0) is 48.6 Å². The molecule has 5 nitrogen and oxygen atoms in total. The average Bonchev–Trinajstić information content (AvgIpc) is 3.04. The van der Waals surface area contributed by atoms with Crippen molar-refractivity contribution in [1.29, 1.82) is 0 Å². The Morgan fingerprint density at radius 2 is 2.00 bits per heavy atom. The summed E-state index contributed by atoms with van der Waals surface area (Å²) >= 11 is 0. The number of aromatic nitrogens is 1. The molecule has 0 amide bonds. The maximum absolute atomic E-state index is 12.4. The lowest BCUT2D eigenvalue weighted by Crippen LogP contribution is -2.12. The summed E-state index contributed by atoms with van der Waals surface area (Å²) in [6, 6.07) is 7.19. The van der Waals surface area contributed by atoms with Crippen LogP contribution in [0.25, 0.3) is 0 Å². The molecule has 0 unspecified atom stereocenters. The minimum atomic E-state index is -3.62. The van der Waals surface area contributed by atoms with Gasteiger partial charge >= 0.3 is 0 Å². The van der Waals surface area contributed by atoms with Gasteiger partial charge in [-0.3, -0.25) is 4.72 Å². The SMILES string of the molecule is Cn1cc(S(=O)(=O)Nc2ccc3c(c2)CCC3)cc1CO. The highest BCUT2D eigenvalue weighted by molar-refractivity contribution is 7.92. The molecule has 6 heteroatoms. The van der Waals surface area contributed by atoms with Crippen LogP contribution in [0, 0.1) is 0 Å². The Balaban J connectivity index is 1.88. The molecular formula is C15H18N2O3S. The molecule has 3 rings (SSSR count). The summed E-state index contributed by atoms with van der Waals surface area (Å²) in [7, 11) is -1.92. The van der Waals surface area contributed by atoms with E-state index in [9.17, 15) is 8.42 Å². The molecule has 0 aliphatic heterocycles. The maximum Gasteiger partial charge on any atom is 0.263 e. The van der Waals surface area contributed by atoms with Crippen molar-refractivity contribution in [2.24, 2.45) is 7.05 Å². The molecule has 0 atom stereocenters. The lowest BCUT2D eigenvalue weighted by atomic mass is 10.1.